The number of rotatable bonds is 2. The van der Waals surface area contributed by atoms with Crippen LogP contribution >= 0.6 is 0 Å². The van der Waals surface area contributed by atoms with Gasteiger partial charge in [-0.15, -0.1) is 0 Å². The topological polar surface area (TPSA) is 46.5 Å². The van der Waals surface area contributed by atoms with E-state index in [9.17, 15) is 9.90 Å². The van der Waals surface area contributed by atoms with Crippen LogP contribution in [0.2, 0.25) is 0 Å². The molecule has 0 saturated carbocycles. The molecule has 0 bridgehead atoms. The lowest BCUT2D eigenvalue weighted by Crippen LogP contribution is -2.28. The monoisotopic (exact) mass is 276 g/mol. The zero-order valence-corrected chi connectivity index (χ0v) is 13.0. The summed E-state index contributed by atoms with van der Waals surface area (Å²) in [6, 6.07) is 0. The molecule has 1 aliphatic carbocycles. The number of hydrogen-bond acceptors (Lipinski definition) is 3. The molecule has 1 rings (SSSR count). The Balaban J connectivity index is 2.84. The average Bonchev–Trinajstić information content (AvgIpc) is 2.25. The second-order valence-corrected chi connectivity index (χ2v) is 6.04. The predicted octanol–water partition coefficient (Wildman–Crippen LogP) is 3.00. The zero-order chi connectivity index (χ0) is 15.3. The summed E-state index contributed by atoms with van der Waals surface area (Å²) in [4.78, 5) is 10.7. The van der Waals surface area contributed by atoms with E-state index in [1.807, 2.05) is 13.8 Å². The summed E-state index contributed by atoms with van der Waals surface area (Å²) in [6.07, 6.45) is 2.97. The van der Waals surface area contributed by atoms with Crippen LogP contribution in [0.1, 0.15) is 47.5 Å². The highest BCUT2D eigenvalue weighted by Crippen LogP contribution is 2.39. The van der Waals surface area contributed by atoms with Crippen molar-refractivity contribution < 1.29 is 14.6 Å². The predicted molar refractivity (Wildman–Crippen MR) is 79.9 cm³/mol. The molecule has 0 radical (unpaired) electrons. The van der Waals surface area contributed by atoms with Crippen LogP contribution in [0, 0.1) is 17.3 Å². The van der Waals surface area contributed by atoms with Crippen molar-refractivity contribution in [1.82, 2.24) is 0 Å². The second-order valence-electron chi connectivity index (χ2n) is 6.04. The first-order valence-corrected chi connectivity index (χ1v) is 6.93. The maximum atomic E-state index is 10.7. The summed E-state index contributed by atoms with van der Waals surface area (Å²) in [5.74, 6) is 6.05. The van der Waals surface area contributed by atoms with Gasteiger partial charge in [-0.25, -0.2) is 0 Å². The summed E-state index contributed by atoms with van der Waals surface area (Å²) in [6.45, 7) is 9.81. The van der Waals surface area contributed by atoms with Crippen molar-refractivity contribution in [3.8, 4) is 11.8 Å². The molecule has 0 aromatic carbocycles. The molecule has 1 N–H and O–H groups in total. The summed E-state index contributed by atoms with van der Waals surface area (Å²) >= 11 is 0. The number of aliphatic hydroxyl groups excluding tert-OH is 1. The van der Waals surface area contributed by atoms with Crippen molar-refractivity contribution in [2.45, 2.75) is 53.6 Å². The zero-order valence-electron chi connectivity index (χ0n) is 13.0. The number of hydrogen-bond donors (Lipinski definition) is 1. The van der Waals surface area contributed by atoms with Crippen molar-refractivity contribution in [3.63, 3.8) is 0 Å². The highest BCUT2D eigenvalue weighted by Gasteiger charge is 2.31. The maximum Gasteiger partial charge on any atom is 0.302 e. The van der Waals surface area contributed by atoms with Crippen LogP contribution in [0.4, 0.5) is 0 Å². The Hall–Kier alpha value is -1.53. The van der Waals surface area contributed by atoms with E-state index in [-0.39, 0.29) is 24.1 Å². The van der Waals surface area contributed by atoms with E-state index in [0.29, 0.717) is 6.42 Å². The Labute approximate surface area is 121 Å². The van der Waals surface area contributed by atoms with Gasteiger partial charge in [-0.3, -0.25) is 4.79 Å². The largest absolute Gasteiger partial charge is 0.462 e. The van der Waals surface area contributed by atoms with Crippen molar-refractivity contribution in [1.29, 1.82) is 0 Å². The van der Waals surface area contributed by atoms with Gasteiger partial charge >= 0.3 is 5.97 Å². The minimum Gasteiger partial charge on any atom is -0.462 e. The lowest BCUT2D eigenvalue weighted by Gasteiger charge is -2.34. The Kier molecular flexibility index (Phi) is 5.59. The van der Waals surface area contributed by atoms with Crippen molar-refractivity contribution >= 4 is 5.97 Å². The minimum absolute atomic E-state index is 0.0923. The summed E-state index contributed by atoms with van der Waals surface area (Å²) < 4.78 is 4.85. The fourth-order valence-electron chi connectivity index (χ4n) is 2.57. The van der Waals surface area contributed by atoms with Gasteiger partial charge in [0.15, 0.2) is 0 Å². The van der Waals surface area contributed by atoms with Gasteiger partial charge in [0.2, 0.25) is 0 Å². The first-order valence-electron chi connectivity index (χ1n) is 6.93. The second kappa shape index (κ2) is 6.76. The summed E-state index contributed by atoms with van der Waals surface area (Å²) in [5.41, 5.74) is 3.07. The number of ether oxygens (including phenoxy) is 1. The third-order valence-corrected chi connectivity index (χ3v) is 3.45. The van der Waals surface area contributed by atoms with E-state index in [1.165, 1.54) is 6.92 Å². The number of allylic oxidation sites excluding steroid dienone is 2. The van der Waals surface area contributed by atoms with Gasteiger partial charge in [-0.05, 0) is 38.3 Å². The first-order chi connectivity index (χ1) is 9.22. The molecule has 3 nitrogen and oxygen atoms in total. The lowest BCUT2D eigenvalue weighted by atomic mass is 9.72. The highest BCUT2D eigenvalue weighted by molar-refractivity contribution is 5.66. The maximum absolute atomic E-state index is 10.7. The Morgan fingerprint density at radius 2 is 2.15 bits per heavy atom. The SMILES string of the molecule is CC(=O)OC/C=C(/C)C#CC1=C(C)CC(O)CC1(C)C. The average molecular weight is 276 g/mol. The van der Waals surface area contributed by atoms with E-state index < -0.39 is 0 Å². The summed E-state index contributed by atoms with van der Waals surface area (Å²) in [5, 5.41) is 9.84. The van der Waals surface area contributed by atoms with Crippen LogP contribution in [-0.4, -0.2) is 23.8 Å². The number of carbonyl (C=O) groups is 1. The lowest BCUT2D eigenvalue weighted by molar-refractivity contribution is -0.139. The van der Waals surface area contributed by atoms with Gasteiger partial charge < -0.3 is 9.84 Å². The van der Waals surface area contributed by atoms with E-state index in [2.05, 4.69) is 25.7 Å². The molecule has 0 spiro atoms. The molecule has 0 aromatic rings. The van der Waals surface area contributed by atoms with Gasteiger partial charge in [-0.1, -0.05) is 31.3 Å². The van der Waals surface area contributed by atoms with Crippen LogP contribution in [0.15, 0.2) is 22.8 Å². The number of aliphatic hydroxyl groups is 1. The van der Waals surface area contributed by atoms with Crippen LogP contribution in [0.5, 0.6) is 0 Å². The Bertz CT molecular complexity index is 498. The molecule has 110 valence electrons. The normalized spacial score (nSPS) is 22.1. The molecule has 0 amide bonds. The molecule has 20 heavy (non-hydrogen) atoms. The van der Waals surface area contributed by atoms with Gasteiger partial charge in [0, 0.05) is 17.9 Å². The quantitative estimate of drug-likeness (QED) is 0.623. The molecule has 1 unspecified atom stereocenters. The van der Waals surface area contributed by atoms with Gasteiger partial charge in [0.1, 0.15) is 6.61 Å². The van der Waals surface area contributed by atoms with Crippen LogP contribution < -0.4 is 0 Å². The van der Waals surface area contributed by atoms with Gasteiger partial charge in [0.05, 0.1) is 6.10 Å². The molecular formula is C17H24O3. The molecule has 1 atom stereocenters. The van der Waals surface area contributed by atoms with Crippen LogP contribution in [-0.2, 0) is 9.53 Å². The minimum atomic E-state index is -0.289. The fraction of sp³-hybridized carbons (Fsp3) is 0.588. The third kappa shape index (κ3) is 4.86. The molecule has 0 aromatic heterocycles. The molecular weight excluding hydrogens is 252 g/mol. The molecule has 3 heteroatoms. The van der Waals surface area contributed by atoms with Gasteiger partial charge in [-0.2, -0.15) is 0 Å². The van der Waals surface area contributed by atoms with E-state index in [1.54, 1.807) is 6.08 Å². The smallest absolute Gasteiger partial charge is 0.302 e. The van der Waals surface area contributed by atoms with Crippen molar-refractivity contribution in [2.24, 2.45) is 5.41 Å². The molecule has 0 aliphatic heterocycles. The third-order valence-electron chi connectivity index (χ3n) is 3.45. The molecule has 0 heterocycles. The molecule has 1 aliphatic rings. The standard InChI is InChI=1S/C17H24O3/c1-12(8-9-20-14(3)18)6-7-16-13(2)10-15(19)11-17(16,4)5/h8,15,19H,9-11H2,1-5H3/b12-8-. The summed E-state index contributed by atoms with van der Waals surface area (Å²) in [7, 11) is 0. The van der Waals surface area contributed by atoms with E-state index in [4.69, 9.17) is 4.74 Å². The number of carbonyl (C=O) groups excluding carboxylic acids is 1. The fourth-order valence-corrected chi connectivity index (χ4v) is 2.57. The Morgan fingerprint density at radius 1 is 1.50 bits per heavy atom. The highest BCUT2D eigenvalue weighted by atomic mass is 16.5. The Morgan fingerprint density at radius 3 is 2.70 bits per heavy atom. The van der Waals surface area contributed by atoms with Crippen LogP contribution in [0.25, 0.3) is 0 Å². The molecule has 0 saturated heterocycles. The molecule has 0 fully saturated rings. The van der Waals surface area contributed by atoms with E-state index in [0.717, 1.165) is 23.1 Å². The first kappa shape index (κ1) is 16.5. The van der Waals surface area contributed by atoms with E-state index >= 15 is 0 Å². The van der Waals surface area contributed by atoms with Gasteiger partial charge in [0.25, 0.3) is 0 Å². The van der Waals surface area contributed by atoms with Crippen molar-refractivity contribution in [3.05, 3.63) is 22.8 Å². The number of esters is 1. The van der Waals surface area contributed by atoms with Crippen molar-refractivity contribution in [2.75, 3.05) is 6.61 Å². The van der Waals surface area contributed by atoms with Crippen LogP contribution in [0.3, 0.4) is 0 Å².